The molecule has 18 heavy (non-hydrogen) atoms. The lowest BCUT2D eigenvalue weighted by molar-refractivity contribution is -0.140. The molecule has 0 bridgehead atoms. The summed E-state index contributed by atoms with van der Waals surface area (Å²) in [5.41, 5.74) is 0.651. The van der Waals surface area contributed by atoms with Crippen LogP contribution in [0.5, 0.6) is 5.75 Å². The Balaban J connectivity index is 2.52. The third-order valence-electron chi connectivity index (χ3n) is 2.56. The summed E-state index contributed by atoms with van der Waals surface area (Å²) in [6.45, 7) is 1.51. The summed E-state index contributed by atoms with van der Waals surface area (Å²) in [6.07, 6.45) is 0. The molecular weight excluding hydrogens is 236 g/mol. The van der Waals surface area contributed by atoms with Gasteiger partial charge in [0.15, 0.2) is 11.9 Å². The SMILES string of the molecule is COc1ccccc1-c1nnnn1C(C)C(=O)O. The molecule has 1 aromatic heterocycles. The van der Waals surface area contributed by atoms with Crippen LogP contribution in [-0.2, 0) is 4.79 Å². The first-order chi connectivity index (χ1) is 8.65. The van der Waals surface area contributed by atoms with Crippen molar-refractivity contribution in [1.82, 2.24) is 20.2 Å². The van der Waals surface area contributed by atoms with Crippen LogP contribution in [0.4, 0.5) is 0 Å². The number of methoxy groups -OCH3 is 1. The van der Waals surface area contributed by atoms with E-state index >= 15 is 0 Å². The molecular formula is C11H12N4O3. The number of nitrogens with zero attached hydrogens (tertiary/aromatic N) is 4. The van der Waals surface area contributed by atoms with Crippen molar-refractivity contribution >= 4 is 5.97 Å². The molecule has 1 aromatic carbocycles. The first-order valence-electron chi connectivity index (χ1n) is 5.29. The monoisotopic (exact) mass is 248 g/mol. The predicted octanol–water partition coefficient (Wildman–Crippen LogP) is 0.994. The average molecular weight is 248 g/mol. The van der Waals surface area contributed by atoms with E-state index < -0.39 is 12.0 Å². The fourth-order valence-corrected chi connectivity index (χ4v) is 1.57. The number of carboxylic acids is 1. The number of aromatic nitrogens is 4. The highest BCUT2D eigenvalue weighted by Gasteiger charge is 2.21. The first kappa shape index (κ1) is 12.0. The standard InChI is InChI=1S/C11H12N4O3/c1-7(11(16)17)15-10(12-13-14-15)8-5-3-4-6-9(8)18-2/h3-7H,1-2H3,(H,16,17). The number of aliphatic carboxylic acids is 1. The molecule has 1 N–H and O–H groups in total. The zero-order chi connectivity index (χ0) is 13.1. The van der Waals surface area contributed by atoms with Crippen LogP contribution in [0.3, 0.4) is 0 Å². The van der Waals surface area contributed by atoms with Crippen LogP contribution in [0.15, 0.2) is 24.3 Å². The summed E-state index contributed by atoms with van der Waals surface area (Å²) in [6, 6.07) is 6.31. The Bertz CT molecular complexity index is 567. The Kier molecular flexibility index (Phi) is 3.22. The molecule has 1 unspecified atom stereocenters. The number of ether oxygens (including phenoxy) is 1. The summed E-state index contributed by atoms with van der Waals surface area (Å²) >= 11 is 0. The molecule has 0 aliphatic heterocycles. The number of hydrogen-bond donors (Lipinski definition) is 1. The number of benzene rings is 1. The van der Waals surface area contributed by atoms with Gasteiger partial charge in [0.1, 0.15) is 5.75 Å². The van der Waals surface area contributed by atoms with Gasteiger partial charge in [0, 0.05) is 0 Å². The topological polar surface area (TPSA) is 90.1 Å². The number of para-hydroxylation sites is 1. The maximum absolute atomic E-state index is 11.0. The van der Waals surface area contributed by atoms with E-state index in [9.17, 15) is 4.79 Å². The number of tetrazole rings is 1. The van der Waals surface area contributed by atoms with Gasteiger partial charge in [-0.3, -0.25) is 0 Å². The summed E-state index contributed by atoms with van der Waals surface area (Å²) in [5.74, 6) is -0.0491. The van der Waals surface area contributed by atoms with Crippen molar-refractivity contribution in [2.45, 2.75) is 13.0 Å². The quantitative estimate of drug-likeness (QED) is 0.867. The minimum absolute atomic E-state index is 0.363. The molecule has 7 heteroatoms. The zero-order valence-corrected chi connectivity index (χ0v) is 9.94. The van der Waals surface area contributed by atoms with E-state index in [4.69, 9.17) is 9.84 Å². The molecule has 7 nitrogen and oxygen atoms in total. The summed E-state index contributed by atoms with van der Waals surface area (Å²) < 4.78 is 6.46. The molecule has 0 aliphatic carbocycles. The third-order valence-corrected chi connectivity index (χ3v) is 2.56. The molecule has 0 fully saturated rings. The average Bonchev–Trinajstić information content (AvgIpc) is 2.86. The summed E-state index contributed by atoms with van der Waals surface area (Å²) in [7, 11) is 1.54. The molecule has 0 amide bonds. The Morgan fingerprint density at radius 2 is 2.17 bits per heavy atom. The van der Waals surface area contributed by atoms with Crippen LogP contribution >= 0.6 is 0 Å². The third kappa shape index (κ3) is 2.02. The highest BCUT2D eigenvalue weighted by atomic mass is 16.5. The van der Waals surface area contributed by atoms with Gasteiger partial charge in [-0.2, -0.15) is 0 Å². The molecule has 0 spiro atoms. The molecule has 0 aliphatic rings. The van der Waals surface area contributed by atoms with E-state index in [0.717, 1.165) is 0 Å². The van der Waals surface area contributed by atoms with Crippen LogP contribution in [-0.4, -0.2) is 38.4 Å². The second-order valence-electron chi connectivity index (χ2n) is 3.66. The van der Waals surface area contributed by atoms with Gasteiger partial charge in [0.05, 0.1) is 12.7 Å². The van der Waals surface area contributed by atoms with Crippen LogP contribution in [0.2, 0.25) is 0 Å². The minimum Gasteiger partial charge on any atom is -0.496 e. The number of rotatable bonds is 4. The smallest absolute Gasteiger partial charge is 0.328 e. The van der Waals surface area contributed by atoms with Crippen molar-refractivity contribution in [2.75, 3.05) is 7.11 Å². The maximum atomic E-state index is 11.0. The molecule has 1 heterocycles. The molecule has 2 rings (SSSR count). The van der Waals surface area contributed by atoms with E-state index in [1.807, 2.05) is 12.1 Å². The van der Waals surface area contributed by atoms with Gasteiger partial charge in [-0.25, -0.2) is 9.48 Å². The van der Waals surface area contributed by atoms with E-state index in [2.05, 4.69) is 15.5 Å². The van der Waals surface area contributed by atoms with Gasteiger partial charge >= 0.3 is 5.97 Å². The molecule has 0 radical (unpaired) electrons. The fourth-order valence-electron chi connectivity index (χ4n) is 1.57. The Morgan fingerprint density at radius 3 is 2.83 bits per heavy atom. The first-order valence-corrected chi connectivity index (χ1v) is 5.29. The second kappa shape index (κ2) is 4.82. The molecule has 2 aromatic rings. The Morgan fingerprint density at radius 1 is 1.44 bits per heavy atom. The van der Waals surface area contributed by atoms with Crippen molar-refractivity contribution in [3.8, 4) is 17.1 Å². The Labute approximate surface area is 103 Å². The molecule has 94 valence electrons. The molecule has 1 atom stereocenters. The van der Waals surface area contributed by atoms with Crippen molar-refractivity contribution in [3.05, 3.63) is 24.3 Å². The van der Waals surface area contributed by atoms with Gasteiger partial charge in [-0.1, -0.05) is 12.1 Å². The fraction of sp³-hybridized carbons (Fsp3) is 0.273. The van der Waals surface area contributed by atoms with Crippen LogP contribution in [0.25, 0.3) is 11.4 Å². The van der Waals surface area contributed by atoms with Crippen molar-refractivity contribution < 1.29 is 14.6 Å². The highest BCUT2D eigenvalue weighted by molar-refractivity contribution is 5.73. The number of carbonyl (C=O) groups is 1. The number of hydrogen-bond acceptors (Lipinski definition) is 5. The van der Waals surface area contributed by atoms with Crippen molar-refractivity contribution in [2.24, 2.45) is 0 Å². The second-order valence-corrected chi connectivity index (χ2v) is 3.66. The van der Waals surface area contributed by atoms with Crippen LogP contribution in [0, 0.1) is 0 Å². The summed E-state index contributed by atoms with van der Waals surface area (Å²) in [5, 5.41) is 20.1. The number of carboxylic acid groups (broad SMARTS) is 1. The largest absolute Gasteiger partial charge is 0.496 e. The highest BCUT2D eigenvalue weighted by Crippen LogP contribution is 2.28. The predicted molar refractivity (Wildman–Crippen MR) is 62.2 cm³/mol. The minimum atomic E-state index is -1.00. The van der Waals surface area contributed by atoms with Gasteiger partial charge in [0.25, 0.3) is 0 Å². The molecule has 0 saturated heterocycles. The van der Waals surface area contributed by atoms with Crippen LogP contribution < -0.4 is 4.74 Å². The maximum Gasteiger partial charge on any atom is 0.328 e. The van der Waals surface area contributed by atoms with E-state index in [0.29, 0.717) is 17.1 Å². The molecule has 0 saturated carbocycles. The van der Waals surface area contributed by atoms with Gasteiger partial charge in [0.2, 0.25) is 0 Å². The lowest BCUT2D eigenvalue weighted by atomic mass is 10.2. The van der Waals surface area contributed by atoms with Crippen molar-refractivity contribution in [1.29, 1.82) is 0 Å². The van der Waals surface area contributed by atoms with Crippen molar-refractivity contribution in [3.63, 3.8) is 0 Å². The van der Waals surface area contributed by atoms with E-state index in [1.165, 1.54) is 18.7 Å². The lowest BCUT2D eigenvalue weighted by Crippen LogP contribution is -2.18. The Hall–Kier alpha value is -2.44. The normalized spacial score (nSPS) is 12.1. The summed E-state index contributed by atoms with van der Waals surface area (Å²) in [4.78, 5) is 11.0. The van der Waals surface area contributed by atoms with Gasteiger partial charge in [-0.05, 0) is 29.5 Å². The van der Waals surface area contributed by atoms with E-state index in [1.54, 1.807) is 12.1 Å². The van der Waals surface area contributed by atoms with Crippen LogP contribution in [0.1, 0.15) is 13.0 Å². The zero-order valence-electron chi connectivity index (χ0n) is 9.94. The lowest BCUT2D eigenvalue weighted by Gasteiger charge is -2.10. The van der Waals surface area contributed by atoms with Gasteiger partial charge < -0.3 is 9.84 Å². The van der Waals surface area contributed by atoms with Gasteiger partial charge in [-0.15, -0.1) is 5.10 Å². The van der Waals surface area contributed by atoms with E-state index in [-0.39, 0.29) is 0 Å².